The zero-order valence-electron chi connectivity index (χ0n) is 23.6. The third-order valence-electron chi connectivity index (χ3n) is 8.25. The fourth-order valence-corrected chi connectivity index (χ4v) is 12.8. The molecule has 0 saturated carbocycles. The molecule has 2 heterocycles. The molecule has 2 fully saturated rings. The molecule has 3 aromatic carbocycles. The summed E-state index contributed by atoms with van der Waals surface area (Å²) in [6, 6.07) is 24.3. The molecule has 1 amide bonds. The summed E-state index contributed by atoms with van der Waals surface area (Å²) in [7, 11) is -7.20. The summed E-state index contributed by atoms with van der Waals surface area (Å²) >= 11 is 0. The van der Waals surface area contributed by atoms with Crippen LogP contribution in [0.25, 0.3) is 0 Å². The maximum absolute atomic E-state index is 13.7. The number of amides is 1. The third-order valence-corrected chi connectivity index (χ3v) is 15.3. The Kier molecular flexibility index (Phi) is 7.66. The van der Waals surface area contributed by atoms with E-state index in [0.29, 0.717) is 13.0 Å². The quantitative estimate of drug-likeness (QED) is 0.236. The molecule has 3 atom stereocenters. The molecule has 9 nitrogen and oxygen atoms in total. The maximum atomic E-state index is 13.7. The van der Waals surface area contributed by atoms with E-state index in [-0.39, 0.29) is 23.6 Å². The monoisotopic (exact) mass is 593 g/mol. The second-order valence-electron chi connectivity index (χ2n) is 11.8. The van der Waals surface area contributed by atoms with Gasteiger partial charge in [-0.25, -0.2) is 8.42 Å². The molecule has 2 saturated heterocycles. The van der Waals surface area contributed by atoms with Crippen LogP contribution in [-0.4, -0.2) is 68.0 Å². The number of nitro groups is 1. The normalized spacial score (nSPS) is 22.0. The van der Waals surface area contributed by atoms with Crippen LogP contribution >= 0.6 is 0 Å². The van der Waals surface area contributed by atoms with Crippen molar-refractivity contribution in [3.05, 3.63) is 95.0 Å². The number of carbonyl (C=O) groups excluding carboxylic acids is 1. The van der Waals surface area contributed by atoms with Gasteiger partial charge in [-0.05, 0) is 34.8 Å². The number of sulfonamides is 1. The molecular formula is C30H35N3O6SSi. The molecule has 41 heavy (non-hydrogen) atoms. The Hall–Kier alpha value is -3.38. The lowest BCUT2D eigenvalue weighted by molar-refractivity contribution is -0.387. The summed E-state index contributed by atoms with van der Waals surface area (Å²) in [5.41, 5.74) is -0.506. The summed E-state index contributed by atoms with van der Waals surface area (Å²) in [5.74, 6) is -0.322. The molecule has 2 aliphatic rings. The van der Waals surface area contributed by atoms with Crippen molar-refractivity contribution >= 4 is 40.3 Å². The van der Waals surface area contributed by atoms with Crippen LogP contribution in [0.4, 0.5) is 5.69 Å². The van der Waals surface area contributed by atoms with Gasteiger partial charge in [0.1, 0.15) is 6.04 Å². The number of nitro benzene ring substituents is 1. The largest absolute Gasteiger partial charge is 0.403 e. The average Bonchev–Trinajstić information content (AvgIpc) is 3.36. The first-order valence-electron chi connectivity index (χ1n) is 13.7. The summed E-state index contributed by atoms with van der Waals surface area (Å²) in [4.78, 5) is 25.8. The number of hydrogen-bond acceptors (Lipinski definition) is 6. The summed E-state index contributed by atoms with van der Waals surface area (Å²) < 4.78 is 35.8. The van der Waals surface area contributed by atoms with Crippen molar-refractivity contribution in [1.82, 2.24) is 9.21 Å². The molecule has 0 aliphatic carbocycles. The number of benzene rings is 3. The van der Waals surface area contributed by atoms with Crippen LogP contribution in [0.5, 0.6) is 0 Å². The van der Waals surface area contributed by atoms with E-state index in [1.165, 1.54) is 24.3 Å². The predicted molar refractivity (Wildman–Crippen MR) is 159 cm³/mol. The summed E-state index contributed by atoms with van der Waals surface area (Å²) in [5, 5.41) is 13.6. The Labute approximate surface area is 242 Å². The minimum Gasteiger partial charge on any atom is -0.403 e. The van der Waals surface area contributed by atoms with E-state index in [0.717, 1.165) is 14.7 Å². The Morgan fingerprint density at radius 2 is 1.44 bits per heavy atom. The van der Waals surface area contributed by atoms with Crippen LogP contribution in [0.15, 0.2) is 89.8 Å². The van der Waals surface area contributed by atoms with Gasteiger partial charge in [-0.2, -0.15) is 4.31 Å². The molecule has 0 spiro atoms. The lowest BCUT2D eigenvalue weighted by Crippen LogP contribution is -2.67. The summed E-state index contributed by atoms with van der Waals surface area (Å²) in [6.45, 7) is 8.52. The van der Waals surface area contributed by atoms with Crippen molar-refractivity contribution in [1.29, 1.82) is 0 Å². The van der Waals surface area contributed by atoms with Gasteiger partial charge in [0.05, 0.1) is 11.0 Å². The van der Waals surface area contributed by atoms with Crippen LogP contribution in [0.3, 0.4) is 0 Å². The van der Waals surface area contributed by atoms with Crippen molar-refractivity contribution in [2.45, 2.75) is 62.2 Å². The Balaban J connectivity index is 1.49. The Morgan fingerprint density at radius 1 is 0.902 bits per heavy atom. The van der Waals surface area contributed by atoms with Crippen LogP contribution < -0.4 is 10.4 Å². The first-order valence-corrected chi connectivity index (χ1v) is 17.1. The SMILES string of the molecule is C[C@H]1C(=O)N2C[C@H](O[Si](c3ccccc3)(c3ccccc3)C(C)(C)C)C[C@H]2CN1S(=O)(=O)c1ccccc1[N+](=O)[O-]. The lowest BCUT2D eigenvalue weighted by Gasteiger charge is -2.44. The number of piperazine rings is 1. The summed E-state index contributed by atoms with van der Waals surface area (Å²) in [6.07, 6.45) is 0.155. The van der Waals surface area contributed by atoms with Crippen molar-refractivity contribution in [3.8, 4) is 0 Å². The highest BCUT2D eigenvalue weighted by Crippen LogP contribution is 2.40. The molecule has 0 bridgehead atoms. The van der Waals surface area contributed by atoms with E-state index < -0.39 is 45.9 Å². The third kappa shape index (κ3) is 5.01. The van der Waals surface area contributed by atoms with E-state index in [9.17, 15) is 23.3 Å². The number of fused-ring (bicyclic) bond motifs is 1. The highest BCUT2D eigenvalue weighted by atomic mass is 32.2. The minimum absolute atomic E-state index is 0.0435. The van der Waals surface area contributed by atoms with Crippen molar-refractivity contribution in [3.63, 3.8) is 0 Å². The van der Waals surface area contributed by atoms with Crippen LogP contribution in [-0.2, 0) is 19.2 Å². The topological polar surface area (TPSA) is 110 Å². The Bertz CT molecular complexity index is 1510. The zero-order chi connectivity index (χ0) is 29.6. The van der Waals surface area contributed by atoms with Crippen LogP contribution in [0, 0.1) is 10.1 Å². The first-order chi connectivity index (χ1) is 19.4. The number of carbonyl (C=O) groups is 1. The predicted octanol–water partition coefficient (Wildman–Crippen LogP) is 3.53. The van der Waals surface area contributed by atoms with Gasteiger partial charge in [-0.3, -0.25) is 14.9 Å². The van der Waals surface area contributed by atoms with Gasteiger partial charge in [0, 0.05) is 25.2 Å². The second-order valence-corrected chi connectivity index (χ2v) is 17.9. The van der Waals surface area contributed by atoms with Crippen molar-refractivity contribution < 1.29 is 22.6 Å². The van der Waals surface area contributed by atoms with Crippen molar-refractivity contribution in [2.75, 3.05) is 13.1 Å². The van der Waals surface area contributed by atoms with E-state index >= 15 is 0 Å². The van der Waals surface area contributed by atoms with E-state index in [1.807, 2.05) is 36.4 Å². The molecule has 216 valence electrons. The van der Waals surface area contributed by atoms with Gasteiger partial charge in [0.25, 0.3) is 24.0 Å². The van der Waals surface area contributed by atoms with Gasteiger partial charge >= 0.3 is 0 Å². The molecular weight excluding hydrogens is 558 g/mol. The molecule has 0 N–H and O–H groups in total. The van der Waals surface area contributed by atoms with Gasteiger partial charge in [0.2, 0.25) is 5.91 Å². The van der Waals surface area contributed by atoms with E-state index in [4.69, 9.17) is 4.43 Å². The average molecular weight is 594 g/mol. The minimum atomic E-state index is -4.31. The van der Waals surface area contributed by atoms with Gasteiger partial charge in [-0.15, -0.1) is 0 Å². The smallest absolute Gasteiger partial charge is 0.289 e. The van der Waals surface area contributed by atoms with E-state index in [2.05, 4.69) is 45.0 Å². The molecule has 0 aromatic heterocycles. The number of rotatable bonds is 7. The van der Waals surface area contributed by atoms with Crippen LogP contribution in [0.1, 0.15) is 34.1 Å². The van der Waals surface area contributed by atoms with Gasteiger partial charge < -0.3 is 9.33 Å². The van der Waals surface area contributed by atoms with Gasteiger partial charge in [-0.1, -0.05) is 93.6 Å². The molecule has 11 heteroatoms. The molecule has 2 aliphatic heterocycles. The van der Waals surface area contributed by atoms with Gasteiger partial charge in [0.15, 0.2) is 4.90 Å². The standard InChI is InChI=1S/C30H35N3O6SSi/c1-22-29(34)31-21-24(19-23(31)20-32(22)40(37,38)28-18-12-11-17-27(28)33(35)36)39-41(30(2,3)4,25-13-7-5-8-14-25)26-15-9-6-10-16-26/h5-18,22-24H,19-21H2,1-4H3/t22-,23-,24+/m0/s1. The molecule has 0 unspecified atom stereocenters. The van der Waals surface area contributed by atoms with E-state index in [1.54, 1.807) is 11.8 Å². The maximum Gasteiger partial charge on any atom is 0.289 e. The second kappa shape index (κ2) is 10.8. The lowest BCUT2D eigenvalue weighted by atomic mass is 10.1. The Morgan fingerprint density at radius 3 is 1.98 bits per heavy atom. The zero-order valence-corrected chi connectivity index (χ0v) is 25.5. The fourth-order valence-electron chi connectivity index (χ4n) is 6.33. The fraction of sp³-hybridized carbons (Fsp3) is 0.367. The first kappa shape index (κ1) is 29.1. The number of para-hydroxylation sites is 1. The number of nitrogens with zero attached hydrogens (tertiary/aromatic N) is 3. The highest BCUT2D eigenvalue weighted by molar-refractivity contribution is 7.89. The molecule has 3 aromatic rings. The number of hydrogen-bond donors (Lipinski definition) is 0. The van der Waals surface area contributed by atoms with Crippen molar-refractivity contribution in [2.24, 2.45) is 0 Å². The highest BCUT2D eigenvalue weighted by Gasteiger charge is 2.55. The molecule has 0 radical (unpaired) electrons. The van der Waals surface area contributed by atoms with Crippen LogP contribution in [0.2, 0.25) is 5.04 Å². The molecule has 5 rings (SSSR count).